The molecule has 1 saturated heterocycles. The van der Waals surface area contributed by atoms with Crippen molar-refractivity contribution < 1.29 is 9.84 Å². The van der Waals surface area contributed by atoms with Crippen molar-refractivity contribution in [3.63, 3.8) is 0 Å². The highest BCUT2D eigenvalue weighted by Gasteiger charge is 2.23. The van der Waals surface area contributed by atoms with Crippen molar-refractivity contribution in [3.05, 3.63) is 35.4 Å². The zero-order valence-corrected chi connectivity index (χ0v) is 16.0. The summed E-state index contributed by atoms with van der Waals surface area (Å²) in [4.78, 5) is 0. The fourth-order valence-corrected chi connectivity index (χ4v) is 4.68. The maximum atomic E-state index is 9.25. The maximum absolute atomic E-state index is 9.25. The molecule has 1 saturated carbocycles. The molecule has 2 nitrogen and oxygen atoms in total. The molecule has 1 aliphatic carbocycles. The molecule has 2 fully saturated rings. The second-order valence-electron chi connectivity index (χ2n) is 8.40. The summed E-state index contributed by atoms with van der Waals surface area (Å²) in [5.41, 5.74) is 2.83. The number of aryl methyl sites for hydroxylation is 1. The van der Waals surface area contributed by atoms with Crippen molar-refractivity contribution >= 4 is 0 Å². The van der Waals surface area contributed by atoms with Crippen LogP contribution >= 0.6 is 0 Å². The molecule has 0 spiro atoms. The SMILES string of the molecule is CCCC1CCC(c2ccc(CCC3CCC(CO)CC3)cc2)OC1. The van der Waals surface area contributed by atoms with Crippen molar-refractivity contribution in [1.29, 1.82) is 0 Å². The van der Waals surface area contributed by atoms with Gasteiger partial charge < -0.3 is 9.84 Å². The molecule has 140 valence electrons. The van der Waals surface area contributed by atoms with Gasteiger partial charge in [-0.3, -0.25) is 0 Å². The van der Waals surface area contributed by atoms with Crippen LogP contribution in [0.3, 0.4) is 0 Å². The zero-order valence-electron chi connectivity index (χ0n) is 16.0. The van der Waals surface area contributed by atoms with Crippen molar-refractivity contribution in [2.24, 2.45) is 17.8 Å². The third-order valence-corrected chi connectivity index (χ3v) is 6.48. The van der Waals surface area contributed by atoms with E-state index in [0.29, 0.717) is 18.6 Å². The van der Waals surface area contributed by atoms with E-state index in [1.54, 1.807) is 0 Å². The van der Waals surface area contributed by atoms with Gasteiger partial charge in [0.15, 0.2) is 0 Å². The average molecular weight is 345 g/mol. The van der Waals surface area contributed by atoms with Gasteiger partial charge in [0.25, 0.3) is 0 Å². The lowest BCUT2D eigenvalue weighted by atomic mass is 9.80. The Kier molecular flexibility index (Phi) is 7.36. The van der Waals surface area contributed by atoms with E-state index in [1.165, 1.54) is 75.3 Å². The Morgan fingerprint density at radius 1 is 0.880 bits per heavy atom. The number of benzene rings is 1. The third-order valence-electron chi connectivity index (χ3n) is 6.48. The van der Waals surface area contributed by atoms with Crippen LogP contribution in [-0.4, -0.2) is 18.3 Å². The first kappa shape index (κ1) is 18.9. The highest BCUT2D eigenvalue weighted by atomic mass is 16.5. The summed E-state index contributed by atoms with van der Waals surface area (Å²) in [5.74, 6) is 2.21. The summed E-state index contributed by atoms with van der Waals surface area (Å²) in [6.07, 6.45) is 12.9. The van der Waals surface area contributed by atoms with Crippen LogP contribution in [0.2, 0.25) is 0 Å². The summed E-state index contributed by atoms with van der Waals surface area (Å²) in [5, 5.41) is 9.25. The predicted molar refractivity (Wildman–Crippen MR) is 104 cm³/mol. The number of ether oxygens (including phenoxy) is 1. The van der Waals surface area contributed by atoms with Crippen molar-refractivity contribution in [2.75, 3.05) is 13.2 Å². The topological polar surface area (TPSA) is 29.5 Å². The van der Waals surface area contributed by atoms with E-state index in [9.17, 15) is 5.11 Å². The lowest BCUT2D eigenvalue weighted by Crippen LogP contribution is -2.20. The fraction of sp³-hybridized carbons (Fsp3) is 0.739. The molecular formula is C23H36O2. The molecule has 0 bridgehead atoms. The summed E-state index contributed by atoms with van der Waals surface area (Å²) in [7, 11) is 0. The molecule has 0 aromatic heterocycles. The van der Waals surface area contributed by atoms with Crippen LogP contribution in [0.1, 0.15) is 81.9 Å². The standard InChI is InChI=1S/C23H36O2/c1-2-3-21-12-15-23(25-17-21)22-13-10-19(11-14-22)5-4-18-6-8-20(16-24)9-7-18/h10-11,13-14,18,20-21,23-24H,2-9,12,15-17H2,1H3. The highest BCUT2D eigenvalue weighted by Crippen LogP contribution is 2.33. The molecular weight excluding hydrogens is 308 g/mol. The number of hydrogen-bond acceptors (Lipinski definition) is 2. The van der Waals surface area contributed by atoms with Gasteiger partial charge in [-0.25, -0.2) is 0 Å². The molecule has 3 rings (SSSR count). The predicted octanol–water partition coefficient (Wildman–Crippen LogP) is 5.69. The van der Waals surface area contributed by atoms with Gasteiger partial charge in [-0.1, -0.05) is 50.5 Å². The molecule has 1 aliphatic heterocycles. The van der Waals surface area contributed by atoms with Gasteiger partial charge in [0.2, 0.25) is 0 Å². The van der Waals surface area contributed by atoms with E-state index in [-0.39, 0.29) is 0 Å². The minimum absolute atomic E-state index is 0.316. The lowest BCUT2D eigenvalue weighted by molar-refractivity contribution is -0.0194. The molecule has 25 heavy (non-hydrogen) atoms. The quantitative estimate of drug-likeness (QED) is 0.689. The Balaban J connectivity index is 1.42. The van der Waals surface area contributed by atoms with Crippen LogP contribution in [0.15, 0.2) is 24.3 Å². The zero-order chi connectivity index (χ0) is 17.5. The highest BCUT2D eigenvalue weighted by molar-refractivity contribution is 5.24. The first-order valence-electron chi connectivity index (χ1n) is 10.6. The minimum Gasteiger partial charge on any atom is -0.396 e. The molecule has 2 heteroatoms. The van der Waals surface area contributed by atoms with Crippen molar-refractivity contribution in [3.8, 4) is 0 Å². The summed E-state index contributed by atoms with van der Waals surface area (Å²) in [6.45, 7) is 3.59. The normalized spacial score (nSPS) is 30.3. The Hall–Kier alpha value is -0.860. The number of hydrogen-bond donors (Lipinski definition) is 1. The first-order chi connectivity index (χ1) is 12.3. The second kappa shape index (κ2) is 9.73. The number of aliphatic hydroxyl groups excluding tert-OH is 1. The molecule has 1 aromatic carbocycles. The average Bonchev–Trinajstić information content (AvgIpc) is 2.68. The molecule has 0 radical (unpaired) electrons. The van der Waals surface area contributed by atoms with Crippen LogP contribution in [0.5, 0.6) is 0 Å². The summed E-state index contributed by atoms with van der Waals surface area (Å²) >= 11 is 0. The smallest absolute Gasteiger partial charge is 0.0825 e. The van der Waals surface area contributed by atoms with E-state index >= 15 is 0 Å². The Morgan fingerprint density at radius 2 is 1.56 bits per heavy atom. The van der Waals surface area contributed by atoms with E-state index in [4.69, 9.17) is 4.74 Å². The Morgan fingerprint density at radius 3 is 2.16 bits per heavy atom. The largest absolute Gasteiger partial charge is 0.396 e. The van der Waals surface area contributed by atoms with Gasteiger partial charge in [-0.15, -0.1) is 0 Å². The molecule has 2 atom stereocenters. The van der Waals surface area contributed by atoms with E-state index < -0.39 is 0 Å². The Bertz CT molecular complexity index is 479. The summed E-state index contributed by atoms with van der Waals surface area (Å²) in [6, 6.07) is 9.22. The lowest BCUT2D eigenvalue weighted by Gasteiger charge is -2.29. The van der Waals surface area contributed by atoms with E-state index in [1.807, 2.05) is 0 Å². The first-order valence-corrected chi connectivity index (χ1v) is 10.6. The van der Waals surface area contributed by atoms with Gasteiger partial charge >= 0.3 is 0 Å². The maximum Gasteiger partial charge on any atom is 0.0825 e. The summed E-state index contributed by atoms with van der Waals surface area (Å²) < 4.78 is 6.12. The van der Waals surface area contributed by atoms with Gasteiger partial charge in [0, 0.05) is 6.61 Å². The minimum atomic E-state index is 0.316. The second-order valence-corrected chi connectivity index (χ2v) is 8.40. The molecule has 1 heterocycles. The van der Waals surface area contributed by atoms with Gasteiger partial charge in [-0.05, 0) is 73.8 Å². The van der Waals surface area contributed by atoms with Crippen LogP contribution in [-0.2, 0) is 11.2 Å². The number of rotatable bonds is 7. The molecule has 2 aliphatic rings. The van der Waals surface area contributed by atoms with Crippen molar-refractivity contribution in [2.45, 2.75) is 77.2 Å². The molecule has 0 amide bonds. The monoisotopic (exact) mass is 344 g/mol. The number of aliphatic hydroxyl groups is 1. The fourth-order valence-electron chi connectivity index (χ4n) is 4.68. The van der Waals surface area contributed by atoms with Crippen molar-refractivity contribution in [1.82, 2.24) is 0 Å². The van der Waals surface area contributed by atoms with Gasteiger partial charge in [-0.2, -0.15) is 0 Å². The van der Waals surface area contributed by atoms with E-state index in [2.05, 4.69) is 31.2 Å². The molecule has 2 unspecified atom stereocenters. The molecule has 1 aromatic rings. The van der Waals surface area contributed by atoms with Crippen LogP contribution in [0, 0.1) is 17.8 Å². The van der Waals surface area contributed by atoms with Crippen LogP contribution in [0.4, 0.5) is 0 Å². The third kappa shape index (κ3) is 5.56. The van der Waals surface area contributed by atoms with Crippen LogP contribution < -0.4 is 0 Å². The molecule has 1 N–H and O–H groups in total. The van der Waals surface area contributed by atoms with Gasteiger partial charge in [0.1, 0.15) is 0 Å². The van der Waals surface area contributed by atoms with Crippen LogP contribution in [0.25, 0.3) is 0 Å². The van der Waals surface area contributed by atoms with Gasteiger partial charge in [0.05, 0.1) is 12.7 Å². The Labute approximate surface area is 154 Å². The van der Waals surface area contributed by atoms with E-state index in [0.717, 1.165) is 18.4 Å².